The van der Waals surface area contributed by atoms with Crippen LogP contribution in [-0.2, 0) is 31.0 Å². The van der Waals surface area contributed by atoms with Gasteiger partial charge in [-0.3, -0.25) is 14.2 Å². The highest BCUT2D eigenvalue weighted by Gasteiger charge is 2.11. The number of carbonyl (C=O) groups is 1. The Hall–Kier alpha value is -1.86. The monoisotopic (exact) mass is 322 g/mol. The van der Waals surface area contributed by atoms with Crippen molar-refractivity contribution in [2.45, 2.75) is 39.0 Å². The molecule has 2 aromatic rings. The molecule has 0 saturated carbocycles. The van der Waals surface area contributed by atoms with Crippen molar-refractivity contribution in [1.29, 1.82) is 0 Å². The van der Waals surface area contributed by atoms with Gasteiger partial charge in [-0.25, -0.2) is 0 Å². The molecule has 0 spiro atoms. The van der Waals surface area contributed by atoms with E-state index in [2.05, 4.69) is 20.8 Å². The third-order valence-corrected chi connectivity index (χ3v) is 3.78. The first-order valence-corrected chi connectivity index (χ1v) is 7.79. The number of carbonyl (C=O) groups excluding carboxylic acids is 1. The van der Waals surface area contributed by atoms with Crippen LogP contribution in [0.4, 0.5) is 0 Å². The van der Waals surface area contributed by atoms with Gasteiger partial charge in [0.05, 0.1) is 29.2 Å². The number of rotatable bonds is 5. The van der Waals surface area contributed by atoms with Gasteiger partial charge in [0.2, 0.25) is 5.91 Å². The molecule has 7 nitrogen and oxygen atoms in total. The third kappa shape index (κ3) is 3.86. The van der Waals surface area contributed by atoms with Crippen LogP contribution in [0.2, 0.25) is 5.02 Å². The summed E-state index contributed by atoms with van der Waals surface area (Å²) in [5, 5.41) is 15.4. The first-order valence-electron chi connectivity index (χ1n) is 7.42. The summed E-state index contributed by atoms with van der Waals surface area (Å²) in [6.07, 6.45) is 4.71. The van der Waals surface area contributed by atoms with E-state index in [1.54, 1.807) is 17.1 Å². The van der Waals surface area contributed by atoms with Crippen molar-refractivity contribution in [3.8, 4) is 0 Å². The molecule has 3 heterocycles. The van der Waals surface area contributed by atoms with Gasteiger partial charge in [-0.05, 0) is 19.0 Å². The Labute approximate surface area is 133 Å². The van der Waals surface area contributed by atoms with Crippen molar-refractivity contribution in [3.63, 3.8) is 0 Å². The zero-order valence-electron chi connectivity index (χ0n) is 12.3. The third-order valence-electron chi connectivity index (χ3n) is 3.58. The van der Waals surface area contributed by atoms with Gasteiger partial charge >= 0.3 is 0 Å². The summed E-state index contributed by atoms with van der Waals surface area (Å²) in [5.74, 6) is -0.0204. The van der Waals surface area contributed by atoms with Gasteiger partial charge < -0.3 is 10.6 Å². The van der Waals surface area contributed by atoms with Crippen LogP contribution in [0.3, 0.4) is 0 Å². The molecular weight excluding hydrogens is 304 g/mol. The number of amides is 1. The fourth-order valence-corrected chi connectivity index (χ4v) is 2.62. The number of fused-ring (bicyclic) bond motifs is 1. The van der Waals surface area contributed by atoms with E-state index in [9.17, 15) is 4.79 Å². The summed E-state index contributed by atoms with van der Waals surface area (Å²) in [7, 11) is 0. The fraction of sp³-hybridized carbons (Fsp3) is 0.500. The molecule has 118 valence electrons. The summed E-state index contributed by atoms with van der Waals surface area (Å²) in [4.78, 5) is 11.9. The van der Waals surface area contributed by atoms with Crippen LogP contribution in [0.5, 0.6) is 0 Å². The second-order valence-corrected chi connectivity index (χ2v) is 5.77. The molecule has 0 unspecified atom stereocenters. The van der Waals surface area contributed by atoms with E-state index in [0.717, 1.165) is 31.7 Å². The van der Waals surface area contributed by atoms with E-state index in [0.29, 0.717) is 24.5 Å². The lowest BCUT2D eigenvalue weighted by molar-refractivity contribution is -0.121. The van der Waals surface area contributed by atoms with Gasteiger partial charge in [-0.2, -0.15) is 10.2 Å². The van der Waals surface area contributed by atoms with Crippen LogP contribution in [-0.4, -0.2) is 32.0 Å². The molecule has 22 heavy (non-hydrogen) atoms. The summed E-state index contributed by atoms with van der Waals surface area (Å²) in [6.45, 7) is 3.76. The zero-order chi connectivity index (χ0) is 15.4. The molecule has 1 amide bonds. The zero-order valence-corrected chi connectivity index (χ0v) is 13.0. The average molecular weight is 323 g/mol. The standard InChI is InChI=1S/C14H19ClN6O/c15-11-7-18-20(10-11)5-2-14(22)17-8-12-6-13-9-16-3-1-4-21(13)19-12/h6-7,10,16H,1-5,8-9H2,(H,17,22). The number of hydrogen-bond acceptors (Lipinski definition) is 4. The van der Waals surface area contributed by atoms with Crippen molar-refractivity contribution in [1.82, 2.24) is 30.2 Å². The molecule has 3 rings (SSSR count). The minimum Gasteiger partial charge on any atom is -0.350 e. The minimum atomic E-state index is -0.0204. The topological polar surface area (TPSA) is 76.8 Å². The Morgan fingerprint density at radius 2 is 2.41 bits per heavy atom. The van der Waals surface area contributed by atoms with Crippen molar-refractivity contribution < 1.29 is 4.79 Å². The van der Waals surface area contributed by atoms with Crippen LogP contribution in [0.15, 0.2) is 18.5 Å². The van der Waals surface area contributed by atoms with Crippen LogP contribution in [0.25, 0.3) is 0 Å². The molecule has 1 aliphatic rings. The molecule has 0 fully saturated rings. The highest BCUT2D eigenvalue weighted by molar-refractivity contribution is 6.30. The van der Waals surface area contributed by atoms with Crippen LogP contribution in [0, 0.1) is 0 Å². The van der Waals surface area contributed by atoms with E-state index in [-0.39, 0.29) is 5.91 Å². The maximum absolute atomic E-state index is 11.9. The van der Waals surface area contributed by atoms with Gasteiger partial charge in [0.1, 0.15) is 0 Å². The number of nitrogens with one attached hydrogen (secondary N) is 2. The van der Waals surface area contributed by atoms with E-state index in [1.165, 1.54) is 5.69 Å². The predicted molar refractivity (Wildman–Crippen MR) is 82.3 cm³/mol. The average Bonchev–Trinajstić information content (AvgIpc) is 3.03. The molecule has 0 radical (unpaired) electrons. The van der Waals surface area contributed by atoms with E-state index in [1.807, 2.05) is 10.7 Å². The number of nitrogens with zero attached hydrogens (tertiary/aromatic N) is 4. The first-order chi connectivity index (χ1) is 10.7. The minimum absolute atomic E-state index is 0.0204. The Balaban J connectivity index is 1.46. The molecule has 0 bridgehead atoms. The van der Waals surface area contributed by atoms with Gasteiger partial charge in [-0.1, -0.05) is 11.6 Å². The number of hydrogen-bond donors (Lipinski definition) is 2. The van der Waals surface area contributed by atoms with Crippen molar-refractivity contribution in [2.24, 2.45) is 0 Å². The molecule has 8 heteroatoms. The largest absolute Gasteiger partial charge is 0.350 e. The second-order valence-electron chi connectivity index (χ2n) is 5.33. The molecular formula is C14H19ClN6O. The number of aromatic nitrogens is 4. The van der Waals surface area contributed by atoms with Crippen molar-refractivity contribution in [3.05, 3.63) is 34.9 Å². The molecule has 2 aromatic heterocycles. The second kappa shape index (κ2) is 6.93. The van der Waals surface area contributed by atoms with Crippen LogP contribution < -0.4 is 10.6 Å². The Morgan fingerprint density at radius 3 is 3.23 bits per heavy atom. The molecule has 0 saturated heterocycles. The number of halogens is 1. The van der Waals surface area contributed by atoms with E-state index < -0.39 is 0 Å². The summed E-state index contributed by atoms with van der Waals surface area (Å²) >= 11 is 5.78. The van der Waals surface area contributed by atoms with Crippen LogP contribution in [0.1, 0.15) is 24.2 Å². The predicted octanol–water partition coefficient (Wildman–Crippen LogP) is 0.933. The van der Waals surface area contributed by atoms with Gasteiger partial charge in [0.15, 0.2) is 0 Å². The molecule has 1 aliphatic heterocycles. The van der Waals surface area contributed by atoms with Gasteiger partial charge in [0, 0.05) is 32.3 Å². The molecule has 0 atom stereocenters. The summed E-state index contributed by atoms with van der Waals surface area (Å²) < 4.78 is 3.68. The highest BCUT2D eigenvalue weighted by atomic mass is 35.5. The normalized spacial score (nSPS) is 14.4. The lowest BCUT2D eigenvalue weighted by Gasteiger charge is -2.04. The lowest BCUT2D eigenvalue weighted by Crippen LogP contribution is -2.24. The van der Waals surface area contributed by atoms with Crippen molar-refractivity contribution in [2.75, 3.05) is 6.54 Å². The quantitative estimate of drug-likeness (QED) is 0.858. The summed E-state index contributed by atoms with van der Waals surface area (Å²) in [5.41, 5.74) is 2.07. The van der Waals surface area contributed by atoms with E-state index in [4.69, 9.17) is 11.6 Å². The maximum Gasteiger partial charge on any atom is 0.222 e. The molecule has 0 aromatic carbocycles. The molecule has 2 N–H and O–H groups in total. The SMILES string of the molecule is O=C(CCn1cc(Cl)cn1)NCc1cc2n(n1)CCCNC2. The maximum atomic E-state index is 11.9. The van der Waals surface area contributed by atoms with E-state index >= 15 is 0 Å². The Morgan fingerprint density at radius 1 is 1.50 bits per heavy atom. The Kier molecular flexibility index (Phi) is 4.74. The summed E-state index contributed by atoms with van der Waals surface area (Å²) in [6, 6.07) is 2.05. The highest BCUT2D eigenvalue weighted by Crippen LogP contribution is 2.08. The lowest BCUT2D eigenvalue weighted by atomic mass is 10.3. The van der Waals surface area contributed by atoms with Gasteiger partial charge in [0.25, 0.3) is 0 Å². The fourth-order valence-electron chi connectivity index (χ4n) is 2.46. The van der Waals surface area contributed by atoms with Crippen molar-refractivity contribution >= 4 is 17.5 Å². The van der Waals surface area contributed by atoms with Crippen LogP contribution >= 0.6 is 11.6 Å². The van der Waals surface area contributed by atoms with Gasteiger partial charge in [-0.15, -0.1) is 0 Å². The molecule has 0 aliphatic carbocycles. The number of aryl methyl sites for hydroxylation is 2. The Bertz CT molecular complexity index is 626. The first kappa shape index (κ1) is 15.1. The smallest absolute Gasteiger partial charge is 0.222 e.